The van der Waals surface area contributed by atoms with Gasteiger partial charge < -0.3 is 14.7 Å². The van der Waals surface area contributed by atoms with Gasteiger partial charge in [0.2, 0.25) is 0 Å². The molecule has 29 heavy (non-hydrogen) atoms. The molecule has 1 N–H and O–H groups in total. The molecule has 0 unspecified atom stereocenters. The molecule has 3 rings (SSSR count). The van der Waals surface area contributed by atoms with Crippen LogP contribution in [0.3, 0.4) is 0 Å². The number of anilines is 1. The van der Waals surface area contributed by atoms with Crippen LogP contribution in [0.15, 0.2) is 28.8 Å². The summed E-state index contributed by atoms with van der Waals surface area (Å²) in [5, 5.41) is 6.94. The number of rotatable bonds is 5. The Bertz CT molecular complexity index is 872. The SMILES string of the molecule is Cc1onc(C(C)(C)C)c1C(=O)Nc1ccc(C(=O)CN2CCN(C)CC2)cc1. The minimum absolute atomic E-state index is 0.0947. The van der Waals surface area contributed by atoms with Crippen molar-refractivity contribution in [3.63, 3.8) is 0 Å². The third-order valence-corrected chi connectivity index (χ3v) is 5.23. The minimum Gasteiger partial charge on any atom is -0.361 e. The van der Waals surface area contributed by atoms with Gasteiger partial charge in [0.1, 0.15) is 17.0 Å². The smallest absolute Gasteiger partial charge is 0.261 e. The number of nitrogens with one attached hydrogen (secondary N) is 1. The number of likely N-dealkylation sites (N-methyl/N-ethyl adjacent to an activating group) is 1. The van der Waals surface area contributed by atoms with Crippen LogP contribution < -0.4 is 5.32 Å². The first-order valence-electron chi connectivity index (χ1n) is 9.97. The maximum atomic E-state index is 12.8. The van der Waals surface area contributed by atoms with Gasteiger partial charge >= 0.3 is 0 Å². The van der Waals surface area contributed by atoms with Gasteiger partial charge in [-0.2, -0.15) is 0 Å². The second-order valence-corrected chi connectivity index (χ2v) is 8.75. The van der Waals surface area contributed by atoms with Crippen molar-refractivity contribution in [3.05, 3.63) is 46.8 Å². The number of ketones is 1. The molecule has 1 aliphatic heterocycles. The quantitative estimate of drug-likeness (QED) is 0.780. The van der Waals surface area contributed by atoms with Crippen molar-refractivity contribution in [2.24, 2.45) is 0 Å². The summed E-state index contributed by atoms with van der Waals surface area (Å²) in [6.07, 6.45) is 0. The lowest BCUT2D eigenvalue weighted by Gasteiger charge is -2.31. The number of carbonyl (C=O) groups is 2. The van der Waals surface area contributed by atoms with Crippen molar-refractivity contribution >= 4 is 17.4 Å². The molecular formula is C22H30N4O3. The largest absolute Gasteiger partial charge is 0.361 e. The van der Waals surface area contributed by atoms with Crippen molar-refractivity contribution in [2.45, 2.75) is 33.1 Å². The molecule has 2 aromatic rings. The van der Waals surface area contributed by atoms with Gasteiger partial charge in [0.25, 0.3) is 5.91 Å². The molecule has 0 bridgehead atoms. The van der Waals surface area contributed by atoms with E-state index >= 15 is 0 Å². The first-order chi connectivity index (χ1) is 13.6. The monoisotopic (exact) mass is 398 g/mol. The summed E-state index contributed by atoms with van der Waals surface area (Å²) in [6, 6.07) is 7.04. The highest BCUT2D eigenvalue weighted by atomic mass is 16.5. The molecule has 0 aliphatic carbocycles. The van der Waals surface area contributed by atoms with E-state index in [1.165, 1.54) is 0 Å². The lowest BCUT2D eigenvalue weighted by molar-refractivity contribution is 0.0876. The maximum absolute atomic E-state index is 12.8. The van der Waals surface area contributed by atoms with Crippen molar-refractivity contribution in [3.8, 4) is 0 Å². The van der Waals surface area contributed by atoms with Crippen molar-refractivity contribution < 1.29 is 14.1 Å². The fraction of sp³-hybridized carbons (Fsp3) is 0.500. The van der Waals surface area contributed by atoms with Crippen LogP contribution in [0, 0.1) is 6.92 Å². The Morgan fingerprint density at radius 2 is 1.72 bits per heavy atom. The van der Waals surface area contributed by atoms with Gasteiger partial charge in [-0.05, 0) is 38.2 Å². The molecule has 0 saturated carbocycles. The number of Topliss-reactive ketones (excluding diaryl/α,β-unsaturated/α-hetero) is 1. The van der Waals surface area contributed by atoms with Crippen LogP contribution >= 0.6 is 0 Å². The normalized spacial score (nSPS) is 16.0. The Balaban J connectivity index is 1.64. The standard InChI is InChI=1S/C22H30N4O3/c1-15-19(20(24-29-15)22(2,3)4)21(28)23-17-8-6-16(7-9-17)18(27)14-26-12-10-25(5)11-13-26/h6-9H,10-14H2,1-5H3,(H,23,28). The van der Waals surface area contributed by atoms with E-state index in [0.29, 0.717) is 34.8 Å². The second-order valence-electron chi connectivity index (χ2n) is 8.75. The molecule has 0 radical (unpaired) electrons. The zero-order chi connectivity index (χ0) is 21.2. The molecule has 0 spiro atoms. The molecular weight excluding hydrogens is 368 g/mol. The highest BCUT2D eigenvalue weighted by molar-refractivity contribution is 6.06. The van der Waals surface area contributed by atoms with E-state index in [0.717, 1.165) is 26.2 Å². The molecule has 1 aromatic carbocycles. The van der Waals surface area contributed by atoms with Crippen LogP contribution in [0.1, 0.15) is 52.9 Å². The number of hydrogen-bond acceptors (Lipinski definition) is 6. The Morgan fingerprint density at radius 3 is 2.31 bits per heavy atom. The van der Waals surface area contributed by atoms with E-state index < -0.39 is 0 Å². The van der Waals surface area contributed by atoms with Gasteiger partial charge in [-0.25, -0.2) is 0 Å². The molecule has 1 saturated heterocycles. The van der Waals surface area contributed by atoms with E-state index in [4.69, 9.17) is 4.52 Å². The van der Waals surface area contributed by atoms with Gasteiger partial charge in [-0.1, -0.05) is 25.9 Å². The van der Waals surface area contributed by atoms with Crippen LogP contribution in [0.4, 0.5) is 5.69 Å². The zero-order valence-corrected chi connectivity index (χ0v) is 17.9. The highest BCUT2D eigenvalue weighted by Crippen LogP contribution is 2.27. The van der Waals surface area contributed by atoms with Gasteiger partial charge in [-0.15, -0.1) is 0 Å². The summed E-state index contributed by atoms with van der Waals surface area (Å²) in [6.45, 7) is 11.9. The summed E-state index contributed by atoms with van der Waals surface area (Å²) in [4.78, 5) is 29.8. The topological polar surface area (TPSA) is 78.7 Å². The number of nitrogens with zero attached hydrogens (tertiary/aromatic N) is 3. The van der Waals surface area contributed by atoms with Gasteiger partial charge in [0.15, 0.2) is 5.78 Å². The Morgan fingerprint density at radius 1 is 1.10 bits per heavy atom. The molecule has 1 aliphatic rings. The lowest BCUT2D eigenvalue weighted by Crippen LogP contribution is -2.46. The average molecular weight is 399 g/mol. The van der Waals surface area contributed by atoms with Crippen molar-refractivity contribution in [1.29, 1.82) is 0 Å². The summed E-state index contributed by atoms with van der Waals surface area (Å²) in [7, 11) is 2.09. The number of carbonyl (C=O) groups excluding carboxylic acids is 2. The third kappa shape index (κ3) is 5.10. The Hall–Kier alpha value is -2.51. The Kier molecular flexibility index (Phi) is 6.19. The van der Waals surface area contributed by atoms with Crippen LogP contribution in [0.5, 0.6) is 0 Å². The molecule has 2 heterocycles. The minimum atomic E-state index is -0.302. The molecule has 7 heteroatoms. The summed E-state index contributed by atoms with van der Waals surface area (Å²) in [5.41, 5.74) is 2.08. The van der Waals surface area contributed by atoms with Crippen molar-refractivity contribution in [1.82, 2.24) is 15.0 Å². The number of benzene rings is 1. The van der Waals surface area contributed by atoms with Crippen LogP contribution in [0.2, 0.25) is 0 Å². The van der Waals surface area contributed by atoms with E-state index in [1.807, 2.05) is 20.8 Å². The Labute approximate surface area is 172 Å². The number of aryl methyl sites for hydroxylation is 1. The van der Waals surface area contributed by atoms with E-state index in [-0.39, 0.29) is 17.1 Å². The predicted octanol–water partition coefficient (Wildman–Crippen LogP) is 2.96. The van der Waals surface area contributed by atoms with Gasteiger partial charge in [-0.3, -0.25) is 14.5 Å². The summed E-state index contributed by atoms with van der Waals surface area (Å²) in [5.74, 6) is 0.328. The van der Waals surface area contributed by atoms with Crippen LogP contribution in [-0.2, 0) is 5.41 Å². The molecule has 7 nitrogen and oxygen atoms in total. The summed E-state index contributed by atoms with van der Waals surface area (Å²) < 4.78 is 5.25. The number of hydrogen-bond donors (Lipinski definition) is 1. The van der Waals surface area contributed by atoms with Gasteiger partial charge in [0, 0.05) is 42.8 Å². The first kappa shape index (κ1) is 21.2. The second kappa shape index (κ2) is 8.47. The van der Waals surface area contributed by atoms with E-state index in [1.54, 1.807) is 31.2 Å². The molecule has 1 amide bonds. The number of aromatic nitrogens is 1. The number of piperazine rings is 1. The van der Waals surface area contributed by atoms with E-state index in [9.17, 15) is 9.59 Å². The molecule has 156 valence electrons. The zero-order valence-electron chi connectivity index (χ0n) is 17.9. The van der Waals surface area contributed by atoms with E-state index in [2.05, 4.69) is 27.3 Å². The lowest BCUT2D eigenvalue weighted by atomic mass is 9.88. The maximum Gasteiger partial charge on any atom is 0.261 e. The van der Waals surface area contributed by atoms with Crippen LogP contribution in [-0.4, -0.2) is 66.4 Å². The third-order valence-electron chi connectivity index (χ3n) is 5.23. The highest BCUT2D eigenvalue weighted by Gasteiger charge is 2.29. The average Bonchev–Trinajstić information content (AvgIpc) is 3.06. The molecule has 0 atom stereocenters. The molecule has 1 fully saturated rings. The number of amides is 1. The van der Waals surface area contributed by atoms with Crippen LogP contribution in [0.25, 0.3) is 0 Å². The fourth-order valence-corrected chi connectivity index (χ4v) is 3.38. The predicted molar refractivity (Wildman–Crippen MR) is 113 cm³/mol. The first-order valence-corrected chi connectivity index (χ1v) is 9.97. The van der Waals surface area contributed by atoms with Gasteiger partial charge in [0.05, 0.1) is 6.54 Å². The fourth-order valence-electron chi connectivity index (χ4n) is 3.38. The van der Waals surface area contributed by atoms with Crippen molar-refractivity contribution in [2.75, 3.05) is 45.1 Å². The molecule has 1 aromatic heterocycles. The summed E-state index contributed by atoms with van der Waals surface area (Å²) >= 11 is 0.